The van der Waals surface area contributed by atoms with E-state index in [0.717, 1.165) is 38.5 Å². The summed E-state index contributed by atoms with van der Waals surface area (Å²) in [7, 11) is 0. The van der Waals surface area contributed by atoms with Crippen LogP contribution in [0.2, 0.25) is 0 Å². The highest BCUT2D eigenvalue weighted by Crippen LogP contribution is 2.20. The number of aliphatic hydroxyl groups is 2. The van der Waals surface area contributed by atoms with Crippen molar-refractivity contribution in [2.24, 2.45) is 0 Å². The van der Waals surface area contributed by atoms with Crippen LogP contribution in [0.15, 0.2) is 24.3 Å². The Bertz CT molecular complexity index is 1410. The van der Waals surface area contributed by atoms with Gasteiger partial charge in [0.2, 0.25) is 5.91 Å². The van der Waals surface area contributed by atoms with E-state index in [1.807, 2.05) is 6.08 Å². The molecule has 0 spiro atoms. The highest BCUT2D eigenvalue weighted by molar-refractivity contribution is 5.76. The summed E-state index contributed by atoms with van der Waals surface area (Å²) in [5, 5.41) is 23.3. The van der Waals surface area contributed by atoms with Crippen molar-refractivity contribution < 1.29 is 24.5 Å². The molecule has 2 unspecified atom stereocenters. The summed E-state index contributed by atoms with van der Waals surface area (Å²) in [6, 6.07) is -0.624. The molecular formula is C84H163NO5. The maximum Gasteiger partial charge on any atom is 0.305 e. The van der Waals surface area contributed by atoms with Crippen molar-refractivity contribution in [2.45, 2.75) is 488 Å². The fourth-order valence-electron chi connectivity index (χ4n) is 13.4. The zero-order valence-corrected chi connectivity index (χ0v) is 61.4. The number of ether oxygens (including phenoxy) is 1. The van der Waals surface area contributed by atoms with Crippen LogP contribution in [0.4, 0.5) is 0 Å². The molecule has 0 saturated heterocycles. The third kappa shape index (κ3) is 75.4. The van der Waals surface area contributed by atoms with Crippen LogP contribution in [-0.2, 0) is 14.3 Å². The smallest absolute Gasteiger partial charge is 0.305 e. The van der Waals surface area contributed by atoms with Crippen LogP contribution in [0, 0.1) is 0 Å². The van der Waals surface area contributed by atoms with Gasteiger partial charge >= 0.3 is 5.97 Å². The lowest BCUT2D eigenvalue weighted by Crippen LogP contribution is -2.45. The standard InChI is InChI=1S/C84H163NO5/c1-3-5-7-9-11-13-15-17-19-21-40-44-48-52-56-60-64-68-72-76-82(87)81(80-86)85-83(88)77-73-69-65-61-57-53-49-45-42-38-36-34-32-30-28-26-24-23-25-27-29-31-33-35-37-39-43-47-51-55-59-63-67-71-75-79-90-84(89)78-74-70-66-62-58-54-50-46-41-22-20-18-16-14-12-10-8-6-4-2/h18,20,72,76,81-82,86-87H,3-17,19,21-71,73-75,77-80H2,1-2H3,(H,85,88)/b20-18-,76-72+. The van der Waals surface area contributed by atoms with Gasteiger partial charge < -0.3 is 20.3 Å². The van der Waals surface area contributed by atoms with E-state index in [9.17, 15) is 19.8 Å². The van der Waals surface area contributed by atoms with Gasteiger partial charge in [0, 0.05) is 12.8 Å². The molecule has 6 nitrogen and oxygen atoms in total. The molecule has 1 amide bonds. The number of allylic oxidation sites excluding steroid dienone is 3. The number of carbonyl (C=O) groups excluding carboxylic acids is 2. The summed E-state index contributed by atoms with van der Waals surface area (Å²) in [5.74, 6) is -0.0349. The van der Waals surface area contributed by atoms with Gasteiger partial charge in [-0.1, -0.05) is 430 Å². The van der Waals surface area contributed by atoms with Crippen molar-refractivity contribution in [3.05, 3.63) is 24.3 Å². The lowest BCUT2D eigenvalue weighted by atomic mass is 10.0. The van der Waals surface area contributed by atoms with Crippen LogP contribution in [0.1, 0.15) is 476 Å². The van der Waals surface area contributed by atoms with Gasteiger partial charge in [-0.15, -0.1) is 0 Å². The fraction of sp³-hybridized carbons (Fsp3) is 0.929. The summed E-state index contributed by atoms with van der Waals surface area (Å²) >= 11 is 0. The number of hydrogen-bond acceptors (Lipinski definition) is 5. The molecule has 0 rings (SSSR count). The van der Waals surface area contributed by atoms with E-state index < -0.39 is 12.1 Å². The second-order valence-electron chi connectivity index (χ2n) is 28.8. The van der Waals surface area contributed by atoms with Crippen molar-refractivity contribution in [3.8, 4) is 0 Å². The molecule has 0 fully saturated rings. The van der Waals surface area contributed by atoms with E-state index >= 15 is 0 Å². The number of unbranched alkanes of at least 4 members (excludes halogenated alkanes) is 66. The normalized spacial score (nSPS) is 12.5. The molecule has 0 radical (unpaired) electrons. The Morgan fingerprint density at radius 2 is 0.522 bits per heavy atom. The molecule has 0 aliphatic heterocycles. The molecule has 2 atom stereocenters. The number of nitrogens with one attached hydrogen (secondary N) is 1. The predicted molar refractivity (Wildman–Crippen MR) is 398 cm³/mol. The Morgan fingerprint density at radius 1 is 0.300 bits per heavy atom. The van der Waals surface area contributed by atoms with Gasteiger partial charge in [-0.2, -0.15) is 0 Å². The van der Waals surface area contributed by atoms with Crippen molar-refractivity contribution in [3.63, 3.8) is 0 Å². The van der Waals surface area contributed by atoms with E-state index in [4.69, 9.17) is 4.74 Å². The van der Waals surface area contributed by atoms with Crippen LogP contribution >= 0.6 is 0 Å². The average molecular weight is 1270 g/mol. The quantitative estimate of drug-likeness (QED) is 0.0320. The summed E-state index contributed by atoms with van der Waals surface area (Å²) in [6.07, 6.45) is 103. The maximum absolute atomic E-state index is 12.5. The second kappa shape index (κ2) is 79.8. The maximum atomic E-state index is 12.5. The lowest BCUT2D eigenvalue weighted by molar-refractivity contribution is -0.143. The van der Waals surface area contributed by atoms with Crippen LogP contribution in [0.25, 0.3) is 0 Å². The Kier molecular flexibility index (Phi) is 78.3. The van der Waals surface area contributed by atoms with Gasteiger partial charge in [-0.05, 0) is 57.8 Å². The molecule has 0 heterocycles. The Balaban J connectivity index is 3.31. The number of rotatable bonds is 79. The van der Waals surface area contributed by atoms with Crippen LogP contribution in [-0.4, -0.2) is 47.4 Å². The highest BCUT2D eigenvalue weighted by atomic mass is 16.5. The molecular weight excluding hydrogens is 1100 g/mol. The first kappa shape index (κ1) is 88.3. The fourth-order valence-corrected chi connectivity index (χ4v) is 13.4. The van der Waals surface area contributed by atoms with Crippen molar-refractivity contribution in [2.75, 3.05) is 13.2 Å². The van der Waals surface area contributed by atoms with E-state index in [2.05, 4.69) is 31.3 Å². The van der Waals surface area contributed by atoms with Gasteiger partial charge in [0.25, 0.3) is 0 Å². The molecule has 90 heavy (non-hydrogen) atoms. The first-order valence-corrected chi connectivity index (χ1v) is 41.6. The van der Waals surface area contributed by atoms with Crippen LogP contribution < -0.4 is 5.32 Å². The van der Waals surface area contributed by atoms with Gasteiger partial charge in [0.05, 0.1) is 25.4 Å². The minimum atomic E-state index is -0.841. The zero-order valence-electron chi connectivity index (χ0n) is 61.4. The molecule has 3 N–H and O–H groups in total. The van der Waals surface area contributed by atoms with Crippen molar-refractivity contribution >= 4 is 11.9 Å². The first-order valence-electron chi connectivity index (χ1n) is 41.6. The molecule has 0 saturated carbocycles. The average Bonchev–Trinajstić information content (AvgIpc) is 3.74. The van der Waals surface area contributed by atoms with Crippen LogP contribution in [0.5, 0.6) is 0 Å². The molecule has 0 aliphatic carbocycles. The largest absolute Gasteiger partial charge is 0.466 e. The molecule has 6 heteroatoms. The van der Waals surface area contributed by atoms with E-state index in [1.165, 1.54) is 411 Å². The second-order valence-corrected chi connectivity index (χ2v) is 28.8. The van der Waals surface area contributed by atoms with Crippen LogP contribution in [0.3, 0.4) is 0 Å². The summed E-state index contributed by atoms with van der Waals surface area (Å²) in [6.45, 7) is 4.96. The van der Waals surface area contributed by atoms with E-state index in [0.29, 0.717) is 19.4 Å². The summed E-state index contributed by atoms with van der Waals surface area (Å²) < 4.78 is 5.52. The van der Waals surface area contributed by atoms with Gasteiger partial charge in [-0.3, -0.25) is 9.59 Å². The Labute approximate surface area is 564 Å². The molecule has 0 aromatic carbocycles. The van der Waals surface area contributed by atoms with Crippen molar-refractivity contribution in [1.29, 1.82) is 0 Å². The molecule has 0 bridgehead atoms. The predicted octanol–water partition coefficient (Wildman–Crippen LogP) is 27.6. The number of amides is 1. The molecule has 0 aromatic heterocycles. The van der Waals surface area contributed by atoms with E-state index in [-0.39, 0.29) is 18.5 Å². The highest BCUT2D eigenvalue weighted by Gasteiger charge is 2.18. The lowest BCUT2D eigenvalue weighted by Gasteiger charge is -2.20. The monoisotopic (exact) mass is 1270 g/mol. The topological polar surface area (TPSA) is 95.9 Å². The summed E-state index contributed by atoms with van der Waals surface area (Å²) in [5.41, 5.74) is 0. The van der Waals surface area contributed by atoms with Crippen molar-refractivity contribution in [1.82, 2.24) is 5.32 Å². The minimum Gasteiger partial charge on any atom is -0.466 e. The SMILES string of the molecule is CCCCCCCC/C=C\CCCCCCCCCCCC(=O)OCCCCCCCCCCCCCCCCCCCCCCCCCCCCCCCCCCCCCC(=O)NC(CO)C(O)/C=C/CCCCCCCCCCCCCCCCCCC. The van der Waals surface area contributed by atoms with Gasteiger partial charge in [0.15, 0.2) is 0 Å². The Morgan fingerprint density at radius 3 is 0.789 bits per heavy atom. The Hall–Kier alpha value is -1.66. The molecule has 0 aliphatic rings. The minimum absolute atomic E-state index is 0.0231. The van der Waals surface area contributed by atoms with Gasteiger partial charge in [0.1, 0.15) is 0 Å². The summed E-state index contributed by atoms with van der Waals surface area (Å²) in [4.78, 5) is 24.7. The number of aliphatic hydroxyl groups excluding tert-OH is 2. The third-order valence-electron chi connectivity index (χ3n) is 19.7. The molecule has 0 aromatic rings. The first-order chi connectivity index (χ1) is 44.5. The zero-order chi connectivity index (χ0) is 64.9. The number of hydrogen-bond donors (Lipinski definition) is 3. The molecule has 534 valence electrons. The third-order valence-corrected chi connectivity index (χ3v) is 19.7. The van der Waals surface area contributed by atoms with E-state index in [1.54, 1.807) is 6.08 Å². The van der Waals surface area contributed by atoms with Gasteiger partial charge in [-0.25, -0.2) is 0 Å². The number of esters is 1. The number of carbonyl (C=O) groups is 2.